The first-order valence-electron chi connectivity index (χ1n) is 4.60. The maximum Gasteiger partial charge on any atom is 0.254 e. The Hall–Kier alpha value is -0.440. The second kappa shape index (κ2) is 3.02. The number of hydrogen-bond donors (Lipinski definition) is 0. The van der Waals surface area contributed by atoms with Crippen LogP contribution in [0.15, 0.2) is 28.7 Å². The van der Waals surface area contributed by atoms with Gasteiger partial charge >= 0.3 is 0 Å². The Kier molecular flexibility index (Phi) is 2.18. The summed E-state index contributed by atoms with van der Waals surface area (Å²) in [6.45, 7) is 1.01. The molecule has 1 fully saturated rings. The molecule has 0 heterocycles. The Bertz CT molecular complexity index is 351. The van der Waals surface area contributed by atoms with Gasteiger partial charge in [-0.15, -0.1) is 0 Å². The van der Waals surface area contributed by atoms with E-state index in [1.165, 1.54) is 0 Å². The van der Waals surface area contributed by atoms with Gasteiger partial charge < -0.3 is 0 Å². The van der Waals surface area contributed by atoms with Gasteiger partial charge in [0.15, 0.2) is 0 Å². The highest BCUT2D eigenvalue weighted by atomic mass is 79.9. The lowest BCUT2D eigenvalue weighted by Crippen LogP contribution is -2.30. The second-order valence-electron chi connectivity index (χ2n) is 3.95. The Balaban J connectivity index is 2.46. The van der Waals surface area contributed by atoms with Gasteiger partial charge in [-0.05, 0) is 24.5 Å². The molecule has 1 aliphatic rings. The molecule has 0 aromatic heterocycles. The van der Waals surface area contributed by atoms with Crippen LogP contribution in [0.25, 0.3) is 0 Å². The molecule has 0 spiro atoms. The quantitative estimate of drug-likeness (QED) is 0.750. The van der Waals surface area contributed by atoms with Crippen molar-refractivity contribution in [3.8, 4) is 0 Å². The van der Waals surface area contributed by atoms with Gasteiger partial charge in [-0.25, -0.2) is 8.78 Å². The van der Waals surface area contributed by atoms with Crippen molar-refractivity contribution < 1.29 is 8.78 Å². The van der Waals surface area contributed by atoms with E-state index in [0.717, 1.165) is 17.0 Å². The highest BCUT2D eigenvalue weighted by Gasteiger charge is 2.60. The van der Waals surface area contributed by atoms with Gasteiger partial charge in [-0.3, -0.25) is 0 Å². The summed E-state index contributed by atoms with van der Waals surface area (Å²) in [4.78, 5) is 0. The lowest BCUT2D eigenvalue weighted by Gasteiger charge is -2.24. The average molecular weight is 261 g/mol. The summed E-state index contributed by atoms with van der Waals surface area (Å²) in [5, 5.41) is 0. The molecule has 0 amide bonds. The Morgan fingerprint density at radius 2 is 1.86 bits per heavy atom. The van der Waals surface area contributed by atoms with Crippen molar-refractivity contribution in [2.75, 3.05) is 0 Å². The molecular formula is C11H11BrF2. The van der Waals surface area contributed by atoms with E-state index in [1.54, 1.807) is 6.07 Å². The zero-order chi connectivity index (χ0) is 10.4. The lowest BCUT2D eigenvalue weighted by atomic mass is 9.90. The molecule has 76 valence electrons. The molecule has 0 nitrogen and oxygen atoms in total. The zero-order valence-corrected chi connectivity index (χ0v) is 9.44. The Labute approximate surface area is 90.4 Å². The zero-order valence-electron chi connectivity index (χ0n) is 7.86. The summed E-state index contributed by atoms with van der Waals surface area (Å²) >= 11 is 3.33. The van der Waals surface area contributed by atoms with Gasteiger partial charge in [0.05, 0.1) is 5.41 Å². The molecule has 0 atom stereocenters. The van der Waals surface area contributed by atoms with Crippen molar-refractivity contribution in [3.63, 3.8) is 0 Å². The average Bonchev–Trinajstić information content (AvgIpc) is 2.84. The van der Waals surface area contributed by atoms with Crippen LogP contribution in [0, 0.1) is 0 Å². The largest absolute Gasteiger partial charge is 0.254 e. The van der Waals surface area contributed by atoms with Gasteiger partial charge in [0, 0.05) is 11.4 Å². The maximum absolute atomic E-state index is 13.4. The molecule has 0 aliphatic heterocycles. The normalized spacial score (nSPS) is 19.4. The van der Waals surface area contributed by atoms with E-state index in [1.807, 2.05) is 18.2 Å². The molecule has 1 saturated carbocycles. The number of halogens is 3. The van der Waals surface area contributed by atoms with Crippen LogP contribution < -0.4 is 0 Å². The molecule has 0 N–H and O–H groups in total. The molecule has 3 heteroatoms. The predicted molar refractivity (Wildman–Crippen MR) is 55.7 cm³/mol. The third-order valence-electron chi connectivity index (χ3n) is 2.98. The maximum atomic E-state index is 13.4. The standard InChI is InChI=1S/C11H11BrF2/c1-10(13,14)11(6-7-11)8-4-2-3-5-9(8)12/h2-5H,6-7H2,1H3. The van der Waals surface area contributed by atoms with E-state index < -0.39 is 11.3 Å². The van der Waals surface area contributed by atoms with E-state index >= 15 is 0 Å². The van der Waals surface area contributed by atoms with Crippen molar-refractivity contribution in [2.45, 2.75) is 31.1 Å². The Morgan fingerprint density at radius 1 is 1.29 bits per heavy atom. The summed E-state index contributed by atoms with van der Waals surface area (Å²) in [5.74, 6) is -2.63. The molecule has 0 saturated heterocycles. The van der Waals surface area contributed by atoms with E-state index in [4.69, 9.17) is 0 Å². The topological polar surface area (TPSA) is 0 Å². The van der Waals surface area contributed by atoms with Crippen molar-refractivity contribution in [1.29, 1.82) is 0 Å². The minimum Gasteiger partial charge on any atom is -0.206 e. The van der Waals surface area contributed by atoms with Crippen LogP contribution >= 0.6 is 15.9 Å². The number of alkyl halides is 2. The third kappa shape index (κ3) is 1.38. The van der Waals surface area contributed by atoms with Crippen LogP contribution in [0.1, 0.15) is 25.3 Å². The van der Waals surface area contributed by atoms with Crippen molar-refractivity contribution in [1.82, 2.24) is 0 Å². The van der Waals surface area contributed by atoms with Crippen molar-refractivity contribution >= 4 is 15.9 Å². The van der Waals surface area contributed by atoms with Crippen LogP contribution in [0.4, 0.5) is 8.78 Å². The van der Waals surface area contributed by atoms with Crippen LogP contribution in [-0.2, 0) is 5.41 Å². The van der Waals surface area contributed by atoms with Crippen LogP contribution in [-0.4, -0.2) is 5.92 Å². The van der Waals surface area contributed by atoms with E-state index in [-0.39, 0.29) is 0 Å². The molecule has 1 aromatic carbocycles. The van der Waals surface area contributed by atoms with Crippen LogP contribution in [0.3, 0.4) is 0 Å². The summed E-state index contributed by atoms with van der Waals surface area (Å²) in [5.41, 5.74) is -0.167. The summed E-state index contributed by atoms with van der Waals surface area (Å²) in [6, 6.07) is 7.26. The van der Waals surface area contributed by atoms with Gasteiger partial charge in [0.25, 0.3) is 5.92 Å². The smallest absolute Gasteiger partial charge is 0.206 e. The Morgan fingerprint density at radius 3 is 2.29 bits per heavy atom. The number of benzene rings is 1. The molecule has 1 aromatic rings. The van der Waals surface area contributed by atoms with E-state index in [0.29, 0.717) is 12.8 Å². The second-order valence-corrected chi connectivity index (χ2v) is 4.80. The first-order chi connectivity index (χ1) is 6.47. The first kappa shape index (κ1) is 10.1. The summed E-state index contributed by atoms with van der Waals surface area (Å²) in [6.07, 6.45) is 1.16. The van der Waals surface area contributed by atoms with Gasteiger partial charge in [0.2, 0.25) is 0 Å². The highest BCUT2D eigenvalue weighted by molar-refractivity contribution is 9.10. The summed E-state index contributed by atoms with van der Waals surface area (Å²) < 4.78 is 27.6. The molecule has 0 bridgehead atoms. The fourth-order valence-electron chi connectivity index (χ4n) is 1.92. The van der Waals surface area contributed by atoms with Crippen molar-refractivity contribution in [3.05, 3.63) is 34.3 Å². The van der Waals surface area contributed by atoms with Gasteiger partial charge in [0.1, 0.15) is 0 Å². The fourth-order valence-corrected chi connectivity index (χ4v) is 2.58. The molecular weight excluding hydrogens is 250 g/mol. The van der Waals surface area contributed by atoms with Crippen LogP contribution in [0.5, 0.6) is 0 Å². The predicted octanol–water partition coefficient (Wildman–Crippen LogP) is 4.14. The number of rotatable bonds is 2. The molecule has 1 aliphatic carbocycles. The number of hydrogen-bond acceptors (Lipinski definition) is 0. The minimum absolute atomic E-state index is 0.582. The molecule has 14 heavy (non-hydrogen) atoms. The van der Waals surface area contributed by atoms with Gasteiger partial charge in [-0.1, -0.05) is 34.1 Å². The highest BCUT2D eigenvalue weighted by Crippen LogP contribution is 2.59. The minimum atomic E-state index is -2.63. The van der Waals surface area contributed by atoms with Crippen LogP contribution in [0.2, 0.25) is 0 Å². The molecule has 0 unspecified atom stereocenters. The molecule has 0 radical (unpaired) electrons. The SMILES string of the molecule is CC(F)(F)C1(c2ccccc2Br)CC1. The monoisotopic (exact) mass is 260 g/mol. The summed E-state index contributed by atoms with van der Waals surface area (Å²) in [7, 11) is 0. The fraction of sp³-hybridized carbons (Fsp3) is 0.455. The van der Waals surface area contributed by atoms with E-state index in [9.17, 15) is 8.78 Å². The lowest BCUT2D eigenvalue weighted by molar-refractivity contribution is -0.0202. The van der Waals surface area contributed by atoms with Crippen molar-refractivity contribution in [2.24, 2.45) is 0 Å². The van der Waals surface area contributed by atoms with Gasteiger partial charge in [-0.2, -0.15) is 0 Å². The van der Waals surface area contributed by atoms with E-state index in [2.05, 4.69) is 15.9 Å². The molecule has 2 rings (SSSR count). The first-order valence-corrected chi connectivity index (χ1v) is 5.39. The third-order valence-corrected chi connectivity index (χ3v) is 3.67.